The Balaban J connectivity index is 1.35. The molecule has 0 atom stereocenters. The summed E-state index contributed by atoms with van der Waals surface area (Å²) in [5.74, 6) is 2.39. The molecule has 0 amide bonds. The number of halogens is 1. The fourth-order valence-corrected chi connectivity index (χ4v) is 8.00. The predicted octanol–water partition coefficient (Wildman–Crippen LogP) is 7.65. The van der Waals surface area contributed by atoms with Crippen molar-refractivity contribution in [2.24, 2.45) is 0 Å². The lowest BCUT2D eigenvalue weighted by atomic mass is 9.85. The van der Waals surface area contributed by atoms with Gasteiger partial charge in [-0.15, -0.1) is 0 Å². The Hall–Kier alpha value is -2.45. The van der Waals surface area contributed by atoms with Crippen molar-refractivity contribution in [1.29, 1.82) is 0 Å². The van der Waals surface area contributed by atoms with Crippen LogP contribution in [0, 0.1) is 13.8 Å². The molecular weight excluding hydrogens is 635 g/mol. The third-order valence-electron chi connectivity index (χ3n) is 8.88. The molecule has 2 aliphatic heterocycles. The van der Waals surface area contributed by atoms with Gasteiger partial charge in [0.25, 0.3) is 0 Å². The second-order valence-electron chi connectivity index (χ2n) is 13.2. The highest BCUT2D eigenvalue weighted by atomic mass is 79.9. The summed E-state index contributed by atoms with van der Waals surface area (Å²) in [6.07, 6.45) is 6.67. The number of hydrogen-bond acceptors (Lipinski definition) is 8. The summed E-state index contributed by atoms with van der Waals surface area (Å²) in [6, 6.07) is 11.1. The molecule has 2 N–H and O–H groups in total. The summed E-state index contributed by atoms with van der Waals surface area (Å²) in [5, 5.41) is 7.63. The van der Waals surface area contributed by atoms with E-state index in [-0.39, 0.29) is 6.10 Å². The first-order valence-electron chi connectivity index (χ1n) is 15.8. The van der Waals surface area contributed by atoms with E-state index in [9.17, 15) is 4.57 Å². The van der Waals surface area contributed by atoms with Crippen molar-refractivity contribution in [1.82, 2.24) is 19.8 Å². The summed E-state index contributed by atoms with van der Waals surface area (Å²) >= 11 is 3.59. The fourth-order valence-electron chi connectivity index (χ4n) is 6.48. The number of ether oxygens (including phenoxy) is 1. The zero-order chi connectivity index (χ0) is 31.6. The van der Waals surface area contributed by atoms with Crippen molar-refractivity contribution in [3.05, 3.63) is 57.7 Å². The van der Waals surface area contributed by atoms with Gasteiger partial charge >= 0.3 is 0 Å². The molecule has 2 aliphatic rings. The molecule has 0 bridgehead atoms. The molecule has 2 saturated heterocycles. The van der Waals surface area contributed by atoms with Gasteiger partial charge in [0.2, 0.25) is 5.95 Å². The summed E-state index contributed by atoms with van der Waals surface area (Å²) < 4.78 is 20.1. The Kier molecular flexibility index (Phi) is 10.4. The normalized spacial score (nSPS) is 17.7. The molecule has 5 rings (SSSR count). The molecule has 8 nitrogen and oxygen atoms in total. The lowest BCUT2D eigenvalue weighted by Crippen LogP contribution is -2.46. The number of hydrogen-bond donors (Lipinski definition) is 2. The molecule has 3 aromatic rings. The number of nitrogens with one attached hydrogen (secondary N) is 2. The van der Waals surface area contributed by atoms with Gasteiger partial charge in [-0.3, -0.25) is 0 Å². The summed E-state index contributed by atoms with van der Waals surface area (Å²) in [5.41, 5.74) is 5.32. The minimum absolute atomic E-state index is 0.0270. The first-order valence-corrected chi connectivity index (χ1v) is 19.2. The highest BCUT2D eigenvalue weighted by Crippen LogP contribution is 2.41. The molecule has 2 aromatic carbocycles. The summed E-state index contributed by atoms with van der Waals surface area (Å²) in [6.45, 7) is 16.6. The van der Waals surface area contributed by atoms with Crippen molar-refractivity contribution in [2.45, 2.75) is 71.4 Å². The zero-order valence-corrected chi connectivity index (χ0v) is 29.8. The Bertz CT molecular complexity index is 1510. The van der Waals surface area contributed by atoms with Gasteiger partial charge in [0.1, 0.15) is 18.7 Å². The van der Waals surface area contributed by atoms with Crippen molar-refractivity contribution in [3.8, 4) is 5.75 Å². The van der Waals surface area contributed by atoms with Crippen molar-refractivity contribution in [2.75, 3.05) is 57.2 Å². The highest BCUT2D eigenvalue weighted by Gasteiger charge is 2.29. The molecule has 1 aromatic heterocycles. The number of nitrogens with zero attached hydrogens (tertiary/aromatic N) is 4. The standard InChI is InChI=1S/C34H48BrN6O2P/c1-22(2)43-31-20-27(25-10-16-41(17-11-25)26-12-14-40(5)15-13-26)24(4)19-30(31)38-34-36-21-28(35)33(39-34)37-29-9-8-23(3)18-32(29)44(6,7)42/h8-9,18-22,25-26H,10-17H2,1-7H3,(H2,36,37,38,39). The molecule has 10 heteroatoms. The SMILES string of the molecule is Cc1ccc(Nc2nc(Nc3cc(C)c(C4CCN(C5CCN(C)CC5)CC4)cc3OC(C)C)ncc2Br)c(P(C)(C)=O)c1. The van der Waals surface area contributed by atoms with E-state index in [4.69, 9.17) is 9.72 Å². The number of anilines is 4. The maximum absolute atomic E-state index is 13.1. The monoisotopic (exact) mass is 682 g/mol. The minimum Gasteiger partial charge on any atom is -0.489 e. The number of benzene rings is 2. The smallest absolute Gasteiger partial charge is 0.229 e. The molecular formula is C34H48BrN6O2P. The second kappa shape index (κ2) is 13.9. The van der Waals surface area contributed by atoms with Crippen LogP contribution in [-0.2, 0) is 4.57 Å². The third kappa shape index (κ3) is 8.03. The lowest BCUT2D eigenvalue weighted by molar-refractivity contribution is 0.0965. The maximum Gasteiger partial charge on any atom is 0.229 e. The number of piperidine rings is 2. The van der Waals surface area contributed by atoms with Crippen LogP contribution in [-0.4, -0.2) is 78.5 Å². The van der Waals surface area contributed by atoms with Gasteiger partial charge in [0.15, 0.2) is 0 Å². The van der Waals surface area contributed by atoms with Gasteiger partial charge in [0, 0.05) is 17.5 Å². The quantitative estimate of drug-likeness (QED) is 0.223. The zero-order valence-electron chi connectivity index (χ0n) is 27.3. The lowest BCUT2D eigenvalue weighted by Gasteiger charge is -2.41. The van der Waals surface area contributed by atoms with Crippen LogP contribution < -0.4 is 20.7 Å². The van der Waals surface area contributed by atoms with Crippen molar-refractivity contribution < 1.29 is 9.30 Å². The number of rotatable bonds is 9. The largest absolute Gasteiger partial charge is 0.489 e. The van der Waals surface area contributed by atoms with Gasteiger partial charge in [0.05, 0.1) is 22.0 Å². The van der Waals surface area contributed by atoms with Crippen LogP contribution in [0.3, 0.4) is 0 Å². The average Bonchev–Trinajstić information content (AvgIpc) is 2.97. The van der Waals surface area contributed by atoms with Crippen LogP contribution >= 0.6 is 23.1 Å². The van der Waals surface area contributed by atoms with Crippen LogP contribution in [0.2, 0.25) is 0 Å². The highest BCUT2D eigenvalue weighted by molar-refractivity contribution is 9.10. The van der Waals surface area contributed by atoms with E-state index in [2.05, 4.69) is 81.3 Å². The van der Waals surface area contributed by atoms with E-state index in [0.717, 1.165) is 47.1 Å². The van der Waals surface area contributed by atoms with Crippen LogP contribution in [0.15, 0.2) is 41.0 Å². The molecule has 238 valence electrons. The third-order valence-corrected chi connectivity index (χ3v) is 11.0. The van der Waals surface area contributed by atoms with Gasteiger partial charge in [-0.05, 0) is 157 Å². The van der Waals surface area contributed by atoms with Crippen LogP contribution in [0.25, 0.3) is 0 Å². The molecule has 0 spiro atoms. The maximum atomic E-state index is 13.1. The molecule has 0 radical (unpaired) electrons. The summed E-state index contributed by atoms with van der Waals surface area (Å²) in [7, 11) is -0.281. The van der Waals surface area contributed by atoms with Gasteiger partial charge in [-0.2, -0.15) is 4.98 Å². The molecule has 0 aliphatic carbocycles. The minimum atomic E-state index is -2.51. The van der Waals surface area contributed by atoms with E-state index < -0.39 is 7.14 Å². The number of aryl methyl sites for hydroxylation is 2. The second-order valence-corrected chi connectivity index (χ2v) is 17.3. The Morgan fingerprint density at radius 3 is 2.34 bits per heavy atom. The first-order chi connectivity index (χ1) is 20.9. The average molecular weight is 684 g/mol. The van der Waals surface area contributed by atoms with Crippen molar-refractivity contribution in [3.63, 3.8) is 0 Å². The molecule has 2 fully saturated rings. The molecule has 0 unspecified atom stereocenters. The van der Waals surface area contributed by atoms with Crippen LogP contribution in [0.5, 0.6) is 5.75 Å². The first kappa shape index (κ1) is 32.9. The van der Waals surface area contributed by atoms with Gasteiger partial charge in [-0.1, -0.05) is 11.6 Å². The van der Waals surface area contributed by atoms with Crippen LogP contribution in [0.4, 0.5) is 23.1 Å². The Labute approximate surface area is 271 Å². The molecule has 0 saturated carbocycles. The Morgan fingerprint density at radius 1 is 0.977 bits per heavy atom. The number of likely N-dealkylation sites (tertiary alicyclic amines) is 2. The van der Waals surface area contributed by atoms with Gasteiger partial charge < -0.3 is 29.7 Å². The van der Waals surface area contributed by atoms with E-state index >= 15 is 0 Å². The van der Waals surface area contributed by atoms with Crippen LogP contribution in [0.1, 0.15) is 62.1 Å². The number of aromatic nitrogens is 2. The topological polar surface area (TPSA) is 82.6 Å². The van der Waals surface area contributed by atoms with E-state index in [0.29, 0.717) is 22.2 Å². The van der Waals surface area contributed by atoms with E-state index in [1.165, 1.54) is 49.9 Å². The fraction of sp³-hybridized carbons (Fsp3) is 0.529. The molecule has 44 heavy (non-hydrogen) atoms. The van der Waals surface area contributed by atoms with Crippen molar-refractivity contribution >= 4 is 51.5 Å². The van der Waals surface area contributed by atoms with E-state index in [1.54, 1.807) is 19.5 Å². The summed E-state index contributed by atoms with van der Waals surface area (Å²) in [4.78, 5) is 14.5. The van der Waals surface area contributed by atoms with Gasteiger partial charge in [-0.25, -0.2) is 4.98 Å². The van der Waals surface area contributed by atoms with E-state index in [1.807, 2.05) is 25.1 Å². The predicted molar refractivity (Wildman–Crippen MR) is 188 cm³/mol. The Morgan fingerprint density at radius 2 is 1.68 bits per heavy atom. The molecule has 3 heterocycles.